The summed E-state index contributed by atoms with van der Waals surface area (Å²) in [5.74, 6) is 0. The van der Waals surface area contributed by atoms with E-state index in [0.29, 0.717) is 11.9 Å². The van der Waals surface area contributed by atoms with Crippen LogP contribution < -0.4 is 5.32 Å². The van der Waals surface area contributed by atoms with Crippen LogP contribution in [0.3, 0.4) is 0 Å². The number of non-ortho nitro benzene ring substituents is 1. The Labute approximate surface area is 132 Å². The van der Waals surface area contributed by atoms with Crippen LogP contribution in [0.15, 0.2) is 46.5 Å². The Bertz CT molecular complexity index is 819. The van der Waals surface area contributed by atoms with Crippen LogP contribution in [0.1, 0.15) is 4.88 Å². The quantitative estimate of drug-likeness (QED) is 0.544. The number of aromatic nitrogens is 1. The lowest BCUT2D eigenvalue weighted by atomic mass is 10.1. The zero-order chi connectivity index (χ0) is 14.8. The van der Waals surface area contributed by atoms with E-state index in [1.807, 2.05) is 12.1 Å². The number of nitrogens with one attached hydrogen (secondary N) is 1. The minimum atomic E-state index is -0.373. The van der Waals surface area contributed by atoms with Gasteiger partial charge in [0.25, 0.3) is 5.69 Å². The summed E-state index contributed by atoms with van der Waals surface area (Å²) >= 11 is 5.08. The van der Waals surface area contributed by atoms with Crippen molar-refractivity contribution in [1.82, 2.24) is 4.98 Å². The summed E-state index contributed by atoms with van der Waals surface area (Å²) in [5.41, 5.74) is 0.935. The van der Waals surface area contributed by atoms with Crippen LogP contribution in [0.4, 0.5) is 11.4 Å². The molecule has 2 heterocycles. The van der Waals surface area contributed by atoms with E-state index < -0.39 is 0 Å². The van der Waals surface area contributed by atoms with E-state index in [0.717, 1.165) is 14.9 Å². The largest absolute Gasteiger partial charge is 0.380 e. The summed E-state index contributed by atoms with van der Waals surface area (Å²) in [5, 5.41) is 15.7. The average Bonchev–Trinajstić information content (AvgIpc) is 2.90. The molecule has 7 heteroatoms. The third-order valence-electron chi connectivity index (χ3n) is 3.07. The lowest BCUT2D eigenvalue weighted by molar-refractivity contribution is -0.383. The molecule has 0 amide bonds. The molecule has 0 radical (unpaired) electrons. The first-order chi connectivity index (χ1) is 10.1. The van der Waals surface area contributed by atoms with Crippen molar-refractivity contribution in [3.05, 3.63) is 61.5 Å². The first kappa shape index (κ1) is 14.0. The fraction of sp³-hybridized carbons (Fsp3) is 0.0714. The van der Waals surface area contributed by atoms with Crippen molar-refractivity contribution in [2.24, 2.45) is 0 Å². The third-order valence-corrected chi connectivity index (χ3v) is 4.70. The molecular formula is C14H10BrN3O2S. The molecule has 1 aromatic carbocycles. The van der Waals surface area contributed by atoms with Gasteiger partial charge in [-0.3, -0.25) is 15.1 Å². The van der Waals surface area contributed by atoms with E-state index in [9.17, 15) is 10.1 Å². The number of anilines is 1. The van der Waals surface area contributed by atoms with Crippen LogP contribution in [-0.2, 0) is 6.54 Å². The zero-order valence-corrected chi connectivity index (χ0v) is 13.1. The number of pyridine rings is 1. The first-order valence-corrected chi connectivity index (χ1v) is 7.75. The van der Waals surface area contributed by atoms with Gasteiger partial charge in [-0.2, -0.15) is 0 Å². The number of benzene rings is 1. The summed E-state index contributed by atoms with van der Waals surface area (Å²) in [6, 6.07) is 8.95. The third kappa shape index (κ3) is 2.88. The van der Waals surface area contributed by atoms with E-state index in [1.54, 1.807) is 35.9 Å². The predicted octanol–water partition coefficient (Wildman–Crippen LogP) is 4.58. The Morgan fingerprint density at radius 3 is 2.81 bits per heavy atom. The molecule has 3 aromatic rings. The molecule has 2 aromatic heterocycles. The van der Waals surface area contributed by atoms with Gasteiger partial charge in [-0.05, 0) is 40.2 Å². The topological polar surface area (TPSA) is 68.1 Å². The SMILES string of the molecule is O=[N+]([O-])c1ccc(NCc2ccc(Br)s2)c2cnccc12. The molecule has 0 aliphatic carbocycles. The van der Waals surface area contributed by atoms with Crippen LogP contribution in [0.2, 0.25) is 0 Å². The molecule has 0 saturated heterocycles. The lowest BCUT2D eigenvalue weighted by Gasteiger charge is -2.08. The van der Waals surface area contributed by atoms with Crippen molar-refractivity contribution in [3.8, 4) is 0 Å². The van der Waals surface area contributed by atoms with Crippen molar-refractivity contribution in [2.75, 3.05) is 5.32 Å². The summed E-state index contributed by atoms with van der Waals surface area (Å²) in [4.78, 5) is 15.9. The number of nitrogens with zero attached hydrogens (tertiary/aromatic N) is 2. The first-order valence-electron chi connectivity index (χ1n) is 6.14. The maximum absolute atomic E-state index is 11.1. The minimum absolute atomic E-state index is 0.0943. The highest BCUT2D eigenvalue weighted by Gasteiger charge is 2.14. The van der Waals surface area contributed by atoms with Crippen LogP contribution >= 0.6 is 27.3 Å². The molecule has 106 valence electrons. The molecule has 0 unspecified atom stereocenters. The summed E-state index contributed by atoms with van der Waals surface area (Å²) in [6.07, 6.45) is 3.21. The summed E-state index contributed by atoms with van der Waals surface area (Å²) in [7, 11) is 0. The molecule has 0 spiro atoms. The highest BCUT2D eigenvalue weighted by Crippen LogP contribution is 2.31. The van der Waals surface area contributed by atoms with Crippen molar-refractivity contribution < 1.29 is 4.92 Å². The van der Waals surface area contributed by atoms with E-state index in [4.69, 9.17) is 0 Å². The Morgan fingerprint density at radius 2 is 2.10 bits per heavy atom. The fourth-order valence-electron chi connectivity index (χ4n) is 2.12. The number of rotatable bonds is 4. The van der Waals surface area contributed by atoms with Gasteiger partial charge < -0.3 is 5.32 Å². The highest BCUT2D eigenvalue weighted by atomic mass is 79.9. The van der Waals surface area contributed by atoms with Gasteiger partial charge in [0.1, 0.15) is 0 Å². The normalized spacial score (nSPS) is 10.7. The fourth-order valence-corrected chi connectivity index (χ4v) is 3.54. The monoisotopic (exact) mass is 363 g/mol. The van der Waals surface area contributed by atoms with E-state index in [1.165, 1.54) is 10.9 Å². The summed E-state index contributed by atoms with van der Waals surface area (Å²) < 4.78 is 1.08. The van der Waals surface area contributed by atoms with E-state index in [2.05, 4.69) is 26.2 Å². The number of hydrogen-bond acceptors (Lipinski definition) is 5. The maximum Gasteiger partial charge on any atom is 0.277 e. The Balaban J connectivity index is 1.96. The Kier molecular flexibility index (Phi) is 3.85. The van der Waals surface area contributed by atoms with Gasteiger partial charge in [0.2, 0.25) is 0 Å². The molecule has 0 saturated carbocycles. The molecular weight excluding hydrogens is 354 g/mol. The Hall–Kier alpha value is -1.99. The minimum Gasteiger partial charge on any atom is -0.380 e. The van der Waals surface area contributed by atoms with Crippen LogP contribution in [0.5, 0.6) is 0 Å². The molecule has 0 fully saturated rings. The second-order valence-electron chi connectivity index (χ2n) is 4.37. The van der Waals surface area contributed by atoms with Gasteiger partial charge in [-0.1, -0.05) is 0 Å². The molecule has 1 N–H and O–H groups in total. The number of hydrogen-bond donors (Lipinski definition) is 1. The smallest absolute Gasteiger partial charge is 0.277 e. The molecule has 0 aliphatic heterocycles. The lowest BCUT2D eigenvalue weighted by Crippen LogP contribution is -1.99. The Morgan fingerprint density at radius 1 is 1.24 bits per heavy atom. The number of nitro benzene ring substituents is 1. The predicted molar refractivity (Wildman–Crippen MR) is 87.7 cm³/mol. The average molecular weight is 364 g/mol. The van der Waals surface area contributed by atoms with Gasteiger partial charge in [-0.25, -0.2) is 0 Å². The second kappa shape index (κ2) is 5.79. The number of fused-ring (bicyclic) bond motifs is 1. The van der Waals surface area contributed by atoms with Crippen molar-refractivity contribution >= 4 is 49.4 Å². The van der Waals surface area contributed by atoms with Gasteiger partial charge >= 0.3 is 0 Å². The number of halogens is 1. The molecule has 0 aliphatic rings. The van der Waals surface area contributed by atoms with Crippen LogP contribution in [0.25, 0.3) is 10.8 Å². The highest BCUT2D eigenvalue weighted by molar-refractivity contribution is 9.11. The molecule has 21 heavy (non-hydrogen) atoms. The van der Waals surface area contributed by atoms with Gasteiger partial charge in [-0.15, -0.1) is 11.3 Å². The van der Waals surface area contributed by atoms with E-state index >= 15 is 0 Å². The number of thiophene rings is 1. The molecule has 5 nitrogen and oxygen atoms in total. The zero-order valence-electron chi connectivity index (χ0n) is 10.7. The maximum atomic E-state index is 11.1. The van der Waals surface area contributed by atoms with Gasteiger partial charge in [0, 0.05) is 41.0 Å². The van der Waals surface area contributed by atoms with Crippen molar-refractivity contribution in [3.63, 3.8) is 0 Å². The van der Waals surface area contributed by atoms with Crippen molar-refractivity contribution in [1.29, 1.82) is 0 Å². The molecule has 3 rings (SSSR count). The van der Waals surface area contributed by atoms with E-state index in [-0.39, 0.29) is 10.6 Å². The van der Waals surface area contributed by atoms with Gasteiger partial charge in [0.15, 0.2) is 0 Å². The summed E-state index contributed by atoms with van der Waals surface area (Å²) in [6.45, 7) is 0.665. The van der Waals surface area contributed by atoms with Crippen molar-refractivity contribution in [2.45, 2.75) is 6.54 Å². The standard InChI is InChI=1S/C14H10BrN3O2S/c15-14-4-1-9(21-14)7-17-12-2-3-13(18(19)20)10-5-6-16-8-11(10)12/h1-6,8,17H,7H2. The number of nitro groups is 1. The van der Waals surface area contributed by atoms with Crippen LogP contribution in [0, 0.1) is 10.1 Å². The van der Waals surface area contributed by atoms with Crippen LogP contribution in [-0.4, -0.2) is 9.91 Å². The second-order valence-corrected chi connectivity index (χ2v) is 6.92. The molecule has 0 atom stereocenters. The molecule has 0 bridgehead atoms. The van der Waals surface area contributed by atoms with Gasteiger partial charge in [0.05, 0.1) is 14.1 Å².